The number of aliphatic imine (C=N–C) groups is 1. The van der Waals surface area contributed by atoms with Crippen molar-refractivity contribution in [1.29, 1.82) is 0 Å². The van der Waals surface area contributed by atoms with Crippen molar-refractivity contribution < 1.29 is 13.9 Å². The van der Waals surface area contributed by atoms with Crippen LogP contribution in [0.15, 0.2) is 41.5 Å². The Balaban J connectivity index is 1.43. The maximum Gasteiger partial charge on any atom is 0.191 e. The summed E-state index contributed by atoms with van der Waals surface area (Å²) in [4.78, 5) is 10.5. The number of nitrogens with one attached hydrogen (secondary N) is 2. The van der Waals surface area contributed by atoms with E-state index in [1.165, 1.54) is 11.6 Å². The molecule has 1 fully saturated rings. The van der Waals surface area contributed by atoms with Crippen LogP contribution in [0.25, 0.3) is 0 Å². The molecular formula is C23H32FN5O2. The predicted molar refractivity (Wildman–Crippen MR) is 122 cm³/mol. The second-order valence-electron chi connectivity index (χ2n) is 7.41. The van der Waals surface area contributed by atoms with Gasteiger partial charge in [0.05, 0.1) is 13.7 Å². The normalized spacial score (nSPS) is 16.3. The van der Waals surface area contributed by atoms with E-state index in [1.54, 1.807) is 26.4 Å². The summed E-state index contributed by atoms with van der Waals surface area (Å²) >= 11 is 0. The summed E-state index contributed by atoms with van der Waals surface area (Å²) in [5, 5.41) is 6.80. The van der Waals surface area contributed by atoms with Crippen LogP contribution in [-0.4, -0.2) is 57.4 Å². The zero-order valence-corrected chi connectivity index (χ0v) is 18.5. The number of hydrogen-bond donors (Lipinski definition) is 2. The van der Waals surface area contributed by atoms with E-state index in [0.29, 0.717) is 19.0 Å². The van der Waals surface area contributed by atoms with Crippen LogP contribution < -0.4 is 25.0 Å². The number of halogens is 1. The van der Waals surface area contributed by atoms with Gasteiger partial charge in [0.1, 0.15) is 0 Å². The zero-order chi connectivity index (χ0) is 22.1. The lowest BCUT2D eigenvalue weighted by Crippen LogP contribution is -2.45. The van der Waals surface area contributed by atoms with Crippen LogP contribution in [0.3, 0.4) is 0 Å². The van der Waals surface area contributed by atoms with Gasteiger partial charge in [-0.05, 0) is 56.0 Å². The molecule has 1 aliphatic heterocycles. The Hall–Kier alpha value is -3.03. The average Bonchev–Trinajstić information content (AvgIpc) is 3.25. The van der Waals surface area contributed by atoms with Crippen molar-refractivity contribution in [2.75, 3.05) is 45.3 Å². The Morgan fingerprint density at radius 1 is 1.32 bits per heavy atom. The minimum atomic E-state index is -0.281. The summed E-state index contributed by atoms with van der Waals surface area (Å²) in [5.74, 6) is 2.43. The number of aryl methyl sites for hydroxylation is 1. The summed E-state index contributed by atoms with van der Waals surface area (Å²) in [6, 6.07) is 9.31. The number of pyridine rings is 1. The molecule has 1 aromatic carbocycles. The van der Waals surface area contributed by atoms with Gasteiger partial charge in [-0.1, -0.05) is 6.07 Å². The summed E-state index contributed by atoms with van der Waals surface area (Å²) in [7, 11) is 3.41. The number of guanidine groups is 1. The number of anilines is 1. The molecule has 3 rings (SSSR count). The van der Waals surface area contributed by atoms with Crippen LogP contribution >= 0.6 is 0 Å². The van der Waals surface area contributed by atoms with Gasteiger partial charge < -0.3 is 25.0 Å². The molecule has 31 heavy (non-hydrogen) atoms. The first-order valence-corrected chi connectivity index (χ1v) is 10.8. The molecule has 1 aromatic heterocycles. The number of ether oxygens (including phenoxy) is 2. The van der Waals surface area contributed by atoms with Gasteiger partial charge in [0, 0.05) is 38.9 Å². The minimum Gasteiger partial charge on any atom is -0.493 e. The molecule has 1 aliphatic rings. The van der Waals surface area contributed by atoms with E-state index in [1.807, 2.05) is 24.0 Å². The smallest absolute Gasteiger partial charge is 0.191 e. The van der Waals surface area contributed by atoms with E-state index >= 15 is 0 Å². The maximum atomic E-state index is 14.0. The predicted octanol–water partition coefficient (Wildman–Crippen LogP) is 3.00. The molecule has 0 bridgehead atoms. The van der Waals surface area contributed by atoms with Crippen molar-refractivity contribution in [3.05, 3.63) is 47.9 Å². The molecule has 2 aromatic rings. The summed E-state index contributed by atoms with van der Waals surface area (Å²) in [6.07, 6.45) is 4.40. The molecule has 7 nitrogen and oxygen atoms in total. The molecule has 1 atom stereocenters. The Labute approximate surface area is 183 Å². The molecule has 2 heterocycles. The van der Waals surface area contributed by atoms with Gasteiger partial charge in [0.2, 0.25) is 0 Å². The highest BCUT2D eigenvalue weighted by Crippen LogP contribution is 2.28. The first kappa shape index (κ1) is 22.7. The molecule has 8 heteroatoms. The highest BCUT2D eigenvalue weighted by atomic mass is 19.1. The second kappa shape index (κ2) is 11.4. The lowest BCUT2D eigenvalue weighted by molar-refractivity contribution is 0.310. The van der Waals surface area contributed by atoms with Gasteiger partial charge in [-0.3, -0.25) is 4.99 Å². The van der Waals surface area contributed by atoms with Crippen LogP contribution in [0.1, 0.15) is 25.3 Å². The number of hydrogen-bond acceptors (Lipinski definition) is 5. The highest BCUT2D eigenvalue weighted by Gasteiger charge is 2.25. The van der Waals surface area contributed by atoms with Crippen molar-refractivity contribution in [3.8, 4) is 11.5 Å². The van der Waals surface area contributed by atoms with Crippen LogP contribution in [0, 0.1) is 5.82 Å². The fraction of sp³-hybridized carbons (Fsp3) is 0.478. The fourth-order valence-corrected chi connectivity index (χ4v) is 3.71. The molecule has 0 amide bonds. The molecule has 0 spiro atoms. The first-order chi connectivity index (χ1) is 15.1. The van der Waals surface area contributed by atoms with E-state index in [9.17, 15) is 4.39 Å². The van der Waals surface area contributed by atoms with Crippen LogP contribution in [-0.2, 0) is 6.42 Å². The number of aromatic nitrogens is 1. The van der Waals surface area contributed by atoms with Crippen LogP contribution in [0.5, 0.6) is 11.5 Å². The monoisotopic (exact) mass is 429 g/mol. The molecule has 0 aliphatic carbocycles. The minimum absolute atomic E-state index is 0.197. The Kier molecular flexibility index (Phi) is 8.32. The topological polar surface area (TPSA) is 71.0 Å². The van der Waals surface area contributed by atoms with E-state index < -0.39 is 0 Å². The van der Waals surface area contributed by atoms with Crippen molar-refractivity contribution in [2.45, 2.75) is 32.2 Å². The van der Waals surface area contributed by atoms with Crippen molar-refractivity contribution >= 4 is 11.8 Å². The van der Waals surface area contributed by atoms with E-state index in [4.69, 9.17) is 9.47 Å². The second-order valence-corrected chi connectivity index (χ2v) is 7.41. The van der Waals surface area contributed by atoms with Crippen molar-refractivity contribution in [2.24, 2.45) is 4.99 Å². The Bertz CT molecular complexity index is 877. The molecule has 168 valence electrons. The van der Waals surface area contributed by atoms with Gasteiger partial charge in [-0.15, -0.1) is 0 Å². The Morgan fingerprint density at radius 3 is 2.94 bits per heavy atom. The molecule has 2 N–H and O–H groups in total. The third-order valence-corrected chi connectivity index (χ3v) is 5.25. The molecule has 1 unspecified atom stereocenters. The van der Waals surface area contributed by atoms with Gasteiger partial charge in [0.15, 0.2) is 29.1 Å². The van der Waals surface area contributed by atoms with E-state index in [2.05, 4.69) is 26.7 Å². The SMILES string of the molecule is CCOc1cc(CCCNC(=NC)NC2CCN(c3ncccc3F)C2)ccc1OC. The standard InChI is InChI=1S/C23H32FN5O2/c1-4-31-21-15-17(9-10-20(21)30-3)7-5-13-27-23(25-2)28-18-11-14-29(16-18)22-19(24)8-6-12-26-22/h6,8-10,12,15,18H,4-5,7,11,13-14,16H2,1-3H3,(H2,25,27,28). The third-order valence-electron chi connectivity index (χ3n) is 5.25. The van der Waals surface area contributed by atoms with Gasteiger partial charge in [-0.2, -0.15) is 0 Å². The van der Waals surface area contributed by atoms with Crippen molar-refractivity contribution in [1.82, 2.24) is 15.6 Å². The number of nitrogens with zero attached hydrogens (tertiary/aromatic N) is 3. The largest absolute Gasteiger partial charge is 0.493 e. The van der Waals surface area contributed by atoms with Gasteiger partial charge in [-0.25, -0.2) is 9.37 Å². The first-order valence-electron chi connectivity index (χ1n) is 10.8. The van der Waals surface area contributed by atoms with E-state index in [0.717, 1.165) is 49.8 Å². The lowest BCUT2D eigenvalue weighted by Gasteiger charge is -2.20. The summed E-state index contributed by atoms with van der Waals surface area (Å²) in [5.41, 5.74) is 1.21. The van der Waals surface area contributed by atoms with Gasteiger partial charge in [0.25, 0.3) is 0 Å². The number of methoxy groups -OCH3 is 1. The Morgan fingerprint density at radius 2 is 2.19 bits per heavy atom. The molecular weight excluding hydrogens is 397 g/mol. The third kappa shape index (κ3) is 6.23. The highest BCUT2D eigenvalue weighted by molar-refractivity contribution is 5.80. The van der Waals surface area contributed by atoms with Crippen LogP contribution in [0.2, 0.25) is 0 Å². The lowest BCUT2D eigenvalue weighted by atomic mass is 10.1. The fourth-order valence-electron chi connectivity index (χ4n) is 3.71. The average molecular weight is 430 g/mol. The van der Waals surface area contributed by atoms with Crippen LogP contribution in [0.4, 0.5) is 10.2 Å². The number of benzene rings is 1. The van der Waals surface area contributed by atoms with E-state index in [-0.39, 0.29) is 11.9 Å². The van der Waals surface area contributed by atoms with Gasteiger partial charge >= 0.3 is 0 Å². The maximum absolute atomic E-state index is 14.0. The summed E-state index contributed by atoms with van der Waals surface area (Å²) in [6.45, 7) is 4.82. The number of rotatable bonds is 9. The summed E-state index contributed by atoms with van der Waals surface area (Å²) < 4.78 is 25.0. The molecule has 1 saturated heterocycles. The molecule has 0 saturated carbocycles. The molecule has 0 radical (unpaired) electrons. The van der Waals surface area contributed by atoms with Crippen molar-refractivity contribution in [3.63, 3.8) is 0 Å². The zero-order valence-electron chi connectivity index (χ0n) is 18.5. The quantitative estimate of drug-likeness (QED) is 0.363.